The summed E-state index contributed by atoms with van der Waals surface area (Å²) in [5, 5.41) is 16.4. The van der Waals surface area contributed by atoms with Crippen LogP contribution >= 0.6 is 0 Å². The lowest BCUT2D eigenvalue weighted by Gasteiger charge is -2.11. The molecule has 0 bridgehead atoms. The number of para-hydroxylation sites is 1. The molecule has 0 saturated heterocycles. The Hall–Kier alpha value is -4.12. The zero-order chi connectivity index (χ0) is 22.4. The van der Waals surface area contributed by atoms with Crippen molar-refractivity contribution in [3.8, 4) is 5.75 Å². The highest BCUT2D eigenvalue weighted by molar-refractivity contribution is 7.92. The minimum atomic E-state index is -4.13. The summed E-state index contributed by atoms with van der Waals surface area (Å²) in [6.45, 7) is 0. The Morgan fingerprint density at radius 3 is 2.23 bits per heavy atom. The fourth-order valence-electron chi connectivity index (χ4n) is 2.67. The van der Waals surface area contributed by atoms with Gasteiger partial charge < -0.3 is 15.4 Å². The Labute approximate surface area is 178 Å². The summed E-state index contributed by atoms with van der Waals surface area (Å²) in [6.07, 6.45) is 0. The molecule has 0 aliphatic heterocycles. The third-order valence-electron chi connectivity index (χ3n) is 4.06. The van der Waals surface area contributed by atoms with Crippen LogP contribution in [0.1, 0.15) is 0 Å². The highest BCUT2D eigenvalue weighted by atomic mass is 32.2. The van der Waals surface area contributed by atoms with Crippen molar-refractivity contribution in [3.05, 3.63) is 82.9 Å². The molecule has 2 amide bonds. The van der Waals surface area contributed by atoms with Gasteiger partial charge in [0.25, 0.3) is 10.0 Å². The number of benzene rings is 3. The number of carbonyl (C=O) groups is 1. The number of methoxy groups -OCH3 is 1. The standard InChI is InChI=1S/C20H18N4O6S/c1-30-19-11-10-17(13-18(19)24(26)27)31(28,29)23-16-9-5-8-15(12-16)22-20(25)21-14-6-3-2-4-7-14/h2-13,23H,1H3,(H2,21,22,25). The van der Waals surface area contributed by atoms with Gasteiger partial charge in [-0.3, -0.25) is 14.8 Å². The SMILES string of the molecule is COc1ccc(S(=O)(=O)Nc2cccc(NC(=O)Nc3ccccc3)c2)cc1[N+](=O)[O-]. The van der Waals surface area contributed by atoms with Crippen molar-refractivity contribution >= 4 is 38.8 Å². The van der Waals surface area contributed by atoms with Gasteiger partial charge in [0.15, 0.2) is 5.75 Å². The van der Waals surface area contributed by atoms with Crippen LogP contribution in [0.4, 0.5) is 27.5 Å². The molecule has 0 aliphatic carbocycles. The Balaban J connectivity index is 1.76. The predicted octanol–water partition coefficient (Wildman–Crippen LogP) is 4.05. The molecule has 3 aromatic carbocycles. The quantitative estimate of drug-likeness (QED) is 0.373. The molecule has 0 unspecified atom stereocenters. The highest BCUT2D eigenvalue weighted by Gasteiger charge is 2.22. The summed E-state index contributed by atoms with van der Waals surface area (Å²) in [5.41, 5.74) is 0.627. The second-order valence-corrected chi connectivity index (χ2v) is 7.90. The number of sulfonamides is 1. The number of anilines is 3. The van der Waals surface area contributed by atoms with Gasteiger partial charge >= 0.3 is 11.7 Å². The van der Waals surface area contributed by atoms with E-state index in [2.05, 4.69) is 15.4 Å². The summed E-state index contributed by atoms with van der Waals surface area (Å²) >= 11 is 0. The predicted molar refractivity (Wildman–Crippen MR) is 116 cm³/mol. The topological polar surface area (TPSA) is 140 Å². The molecule has 0 heterocycles. The van der Waals surface area contributed by atoms with Crippen LogP contribution in [-0.4, -0.2) is 26.5 Å². The van der Waals surface area contributed by atoms with E-state index in [0.717, 1.165) is 6.07 Å². The van der Waals surface area contributed by atoms with E-state index in [1.807, 2.05) is 6.07 Å². The molecule has 0 fully saturated rings. The molecule has 3 aromatic rings. The van der Waals surface area contributed by atoms with Crippen LogP contribution in [0.25, 0.3) is 0 Å². The third-order valence-corrected chi connectivity index (χ3v) is 5.44. The zero-order valence-corrected chi connectivity index (χ0v) is 17.0. The van der Waals surface area contributed by atoms with Gasteiger partial charge in [-0.05, 0) is 42.5 Å². The largest absolute Gasteiger partial charge is 0.490 e. The summed E-state index contributed by atoms with van der Waals surface area (Å²) in [4.78, 5) is 22.3. The molecule has 0 saturated carbocycles. The third kappa shape index (κ3) is 5.48. The number of rotatable bonds is 7. The van der Waals surface area contributed by atoms with Crippen LogP contribution in [0.15, 0.2) is 77.7 Å². The second kappa shape index (κ2) is 9.13. The maximum Gasteiger partial charge on any atom is 0.323 e. The van der Waals surface area contributed by atoms with E-state index in [4.69, 9.17) is 4.74 Å². The number of amides is 2. The molecular weight excluding hydrogens is 424 g/mol. The van der Waals surface area contributed by atoms with Crippen LogP contribution in [-0.2, 0) is 10.0 Å². The van der Waals surface area contributed by atoms with Crippen LogP contribution < -0.4 is 20.1 Å². The average Bonchev–Trinajstić information content (AvgIpc) is 2.73. The maximum atomic E-state index is 12.7. The van der Waals surface area contributed by atoms with Gasteiger partial charge in [0.05, 0.1) is 22.6 Å². The van der Waals surface area contributed by atoms with E-state index in [9.17, 15) is 23.3 Å². The lowest BCUT2D eigenvalue weighted by Crippen LogP contribution is -2.19. The fraction of sp³-hybridized carbons (Fsp3) is 0.0500. The van der Waals surface area contributed by atoms with Crippen molar-refractivity contribution in [2.24, 2.45) is 0 Å². The first-order valence-corrected chi connectivity index (χ1v) is 10.4. The maximum absolute atomic E-state index is 12.7. The van der Waals surface area contributed by atoms with Gasteiger partial charge in [-0.2, -0.15) is 0 Å². The highest BCUT2D eigenvalue weighted by Crippen LogP contribution is 2.30. The molecule has 0 atom stereocenters. The molecule has 11 heteroatoms. The Kier molecular flexibility index (Phi) is 6.36. The monoisotopic (exact) mass is 442 g/mol. The van der Waals surface area contributed by atoms with E-state index >= 15 is 0 Å². The molecule has 160 valence electrons. The second-order valence-electron chi connectivity index (χ2n) is 6.22. The lowest BCUT2D eigenvalue weighted by atomic mass is 10.3. The van der Waals surface area contributed by atoms with Gasteiger partial charge in [-0.15, -0.1) is 0 Å². The molecule has 3 N–H and O–H groups in total. The lowest BCUT2D eigenvalue weighted by molar-refractivity contribution is -0.386. The van der Waals surface area contributed by atoms with Crippen molar-refractivity contribution in [2.75, 3.05) is 22.5 Å². The number of nitro benzene ring substituents is 1. The Bertz CT molecular complexity index is 1220. The molecule has 10 nitrogen and oxygen atoms in total. The smallest absolute Gasteiger partial charge is 0.323 e. The number of hydrogen-bond donors (Lipinski definition) is 3. The summed E-state index contributed by atoms with van der Waals surface area (Å²) < 4.78 is 32.6. The minimum Gasteiger partial charge on any atom is -0.490 e. The van der Waals surface area contributed by atoms with Crippen LogP contribution in [0.5, 0.6) is 5.75 Å². The van der Waals surface area contributed by atoms with Gasteiger partial charge in [-0.1, -0.05) is 24.3 Å². The van der Waals surface area contributed by atoms with E-state index in [-0.39, 0.29) is 16.3 Å². The van der Waals surface area contributed by atoms with Crippen LogP contribution in [0, 0.1) is 10.1 Å². The number of nitrogens with one attached hydrogen (secondary N) is 3. The summed E-state index contributed by atoms with van der Waals surface area (Å²) in [6, 6.07) is 17.6. The zero-order valence-electron chi connectivity index (χ0n) is 16.2. The molecule has 3 rings (SSSR count). The van der Waals surface area contributed by atoms with Crippen molar-refractivity contribution in [3.63, 3.8) is 0 Å². The summed E-state index contributed by atoms with van der Waals surface area (Å²) in [7, 11) is -2.88. The summed E-state index contributed by atoms with van der Waals surface area (Å²) in [5.74, 6) is -0.0559. The molecule has 0 spiro atoms. The van der Waals surface area contributed by atoms with Gasteiger partial charge in [0.2, 0.25) is 0 Å². The Morgan fingerprint density at radius 1 is 0.903 bits per heavy atom. The Morgan fingerprint density at radius 2 is 1.55 bits per heavy atom. The van der Waals surface area contributed by atoms with Crippen LogP contribution in [0.2, 0.25) is 0 Å². The molecular formula is C20H18N4O6S. The van der Waals surface area contributed by atoms with Crippen molar-refractivity contribution < 1.29 is 22.9 Å². The number of urea groups is 1. The number of nitro groups is 1. The van der Waals surface area contributed by atoms with E-state index < -0.39 is 26.7 Å². The van der Waals surface area contributed by atoms with E-state index in [0.29, 0.717) is 11.4 Å². The number of nitrogens with zero attached hydrogens (tertiary/aromatic N) is 1. The average molecular weight is 442 g/mol. The first-order valence-electron chi connectivity index (χ1n) is 8.87. The van der Waals surface area contributed by atoms with E-state index in [1.54, 1.807) is 36.4 Å². The van der Waals surface area contributed by atoms with Gasteiger partial charge in [0, 0.05) is 17.4 Å². The number of carbonyl (C=O) groups excluding carboxylic acids is 1. The first-order chi connectivity index (χ1) is 14.8. The molecule has 31 heavy (non-hydrogen) atoms. The first kappa shape index (κ1) is 21.6. The van der Waals surface area contributed by atoms with Gasteiger partial charge in [0.1, 0.15) is 0 Å². The van der Waals surface area contributed by atoms with Gasteiger partial charge in [-0.25, -0.2) is 13.2 Å². The van der Waals surface area contributed by atoms with E-state index in [1.165, 1.54) is 31.4 Å². The number of hydrogen-bond acceptors (Lipinski definition) is 6. The van der Waals surface area contributed by atoms with Crippen molar-refractivity contribution in [1.82, 2.24) is 0 Å². The number of ether oxygens (including phenoxy) is 1. The molecule has 0 aliphatic rings. The van der Waals surface area contributed by atoms with Crippen molar-refractivity contribution in [1.29, 1.82) is 0 Å². The fourth-order valence-corrected chi connectivity index (χ4v) is 3.74. The minimum absolute atomic E-state index is 0.0559. The molecule has 0 aromatic heterocycles. The molecule has 0 radical (unpaired) electrons. The van der Waals surface area contributed by atoms with Crippen molar-refractivity contribution in [2.45, 2.75) is 4.90 Å². The normalized spacial score (nSPS) is 10.7. The van der Waals surface area contributed by atoms with Crippen LogP contribution in [0.3, 0.4) is 0 Å².